The molecular weight excluding hydrogens is 450 g/mol. The summed E-state index contributed by atoms with van der Waals surface area (Å²) in [4.78, 5) is 43.8. The van der Waals surface area contributed by atoms with E-state index in [0.717, 1.165) is 23.4 Å². The molecule has 2 fully saturated rings. The number of piperidine rings is 1. The molecule has 2 aliphatic heterocycles. The van der Waals surface area contributed by atoms with Gasteiger partial charge in [0.25, 0.3) is 11.8 Å². The Bertz CT molecular complexity index is 1010. The van der Waals surface area contributed by atoms with Gasteiger partial charge in [-0.2, -0.15) is 5.10 Å². The number of nitrogens with one attached hydrogen (secondary N) is 2. The third-order valence-electron chi connectivity index (χ3n) is 6.97. The summed E-state index contributed by atoms with van der Waals surface area (Å²) in [7, 11) is 0. The molecule has 8 nitrogen and oxygen atoms in total. The number of hydrogen-bond acceptors (Lipinski definition) is 5. The molecule has 2 aromatic heterocycles. The molecule has 1 atom stereocenters. The summed E-state index contributed by atoms with van der Waals surface area (Å²) < 4.78 is 0. The topological polar surface area (TPSA) is 98.4 Å². The Balaban J connectivity index is 1.40. The summed E-state index contributed by atoms with van der Waals surface area (Å²) in [6.45, 7) is 7.81. The third kappa shape index (κ3) is 4.89. The molecule has 0 bridgehead atoms. The number of carbonyl (C=O) groups is 3. The first-order chi connectivity index (χ1) is 16.3. The van der Waals surface area contributed by atoms with E-state index in [0.29, 0.717) is 56.9 Å². The molecule has 184 valence electrons. The number of hydrogen-bond donors (Lipinski definition) is 2. The Morgan fingerprint density at radius 3 is 2.71 bits per heavy atom. The van der Waals surface area contributed by atoms with E-state index in [-0.39, 0.29) is 23.8 Å². The first-order valence-corrected chi connectivity index (χ1v) is 13.2. The van der Waals surface area contributed by atoms with Crippen LogP contribution >= 0.6 is 11.3 Å². The van der Waals surface area contributed by atoms with Crippen LogP contribution in [0.25, 0.3) is 0 Å². The number of carbonyl (C=O) groups excluding carboxylic acids is 3. The van der Waals surface area contributed by atoms with Crippen molar-refractivity contribution in [3.8, 4) is 0 Å². The van der Waals surface area contributed by atoms with E-state index >= 15 is 0 Å². The maximum absolute atomic E-state index is 13.6. The lowest BCUT2D eigenvalue weighted by Crippen LogP contribution is -2.56. The second-order valence-corrected chi connectivity index (χ2v) is 10.9. The molecule has 4 heterocycles. The van der Waals surface area contributed by atoms with Gasteiger partial charge in [0.15, 0.2) is 0 Å². The highest BCUT2D eigenvalue weighted by atomic mass is 32.1. The van der Waals surface area contributed by atoms with Crippen LogP contribution in [0.1, 0.15) is 67.5 Å². The number of nitrogens with zero attached hydrogens (tertiary/aromatic N) is 3. The van der Waals surface area contributed by atoms with Gasteiger partial charge in [0.1, 0.15) is 11.2 Å². The quantitative estimate of drug-likeness (QED) is 0.527. The standard InChI is InChI=1S/C25H35N5O3S/c1-4-10-25(23(32)30(24(33)26-25)13-9-20-6-5-14-34-20)18-7-11-29(12-8-18)22(31)21-16-19(27-28-21)15-17(2)3/h5-6,14,16-18H,4,7-13,15H2,1-3H3,(H,26,33)(H,27,28)/t25-/m1/s1. The molecule has 2 saturated heterocycles. The van der Waals surface area contributed by atoms with Gasteiger partial charge in [-0.3, -0.25) is 19.6 Å². The van der Waals surface area contributed by atoms with Crippen molar-refractivity contribution >= 4 is 29.2 Å². The summed E-state index contributed by atoms with van der Waals surface area (Å²) in [5.74, 6) is 0.313. The Morgan fingerprint density at radius 2 is 2.06 bits per heavy atom. The summed E-state index contributed by atoms with van der Waals surface area (Å²) in [5, 5.41) is 12.3. The van der Waals surface area contributed by atoms with Gasteiger partial charge in [0.05, 0.1) is 0 Å². The van der Waals surface area contributed by atoms with Crippen molar-refractivity contribution in [2.75, 3.05) is 19.6 Å². The minimum Gasteiger partial charge on any atom is -0.337 e. The SMILES string of the molecule is CCC[C@]1(C2CCN(C(=O)c3cc(CC(C)C)[nH]n3)CC2)NC(=O)N(CCc2cccs2)C1=O. The number of rotatable bonds is 9. The first kappa shape index (κ1) is 24.4. The summed E-state index contributed by atoms with van der Waals surface area (Å²) in [6.07, 6.45) is 4.31. The predicted octanol–water partition coefficient (Wildman–Crippen LogP) is 3.86. The highest BCUT2D eigenvalue weighted by Gasteiger charge is 2.55. The maximum atomic E-state index is 13.6. The number of aromatic nitrogens is 2. The van der Waals surface area contributed by atoms with Gasteiger partial charge in [0, 0.05) is 30.2 Å². The van der Waals surface area contributed by atoms with Crippen LogP contribution in [-0.4, -0.2) is 63.0 Å². The number of amides is 4. The van der Waals surface area contributed by atoms with E-state index in [9.17, 15) is 14.4 Å². The van der Waals surface area contributed by atoms with Crippen LogP contribution in [-0.2, 0) is 17.6 Å². The predicted molar refractivity (Wildman–Crippen MR) is 132 cm³/mol. The van der Waals surface area contributed by atoms with Crippen LogP contribution in [0.5, 0.6) is 0 Å². The molecule has 0 aliphatic carbocycles. The highest BCUT2D eigenvalue weighted by Crippen LogP contribution is 2.37. The van der Waals surface area contributed by atoms with Crippen LogP contribution in [0.2, 0.25) is 0 Å². The number of H-pyrrole nitrogens is 1. The lowest BCUT2D eigenvalue weighted by molar-refractivity contribution is -0.134. The molecule has 2 aliphatic rings. The van der Waals surface area contributed by atoms with E-state index in [1.54, 1.807) is 11.3 Å². The van der Waals surface area contributed by atoms with Crippen molar-refractivity contribution in [3.05, 3.63) is 39.8 Å². The van der Waals surface area contributed by atoms with E-state index in [1.807, 2.05) is 35.4 Å². The van der Waals surface area contributed by atoms with Crippen LogP contribution < -0.4 is 5.32 Å². The molecule has 4 rings (SSSR count). The Kier molecular flexibility index (Phi) is 7.40. The van der Waals surface area contributed by atoms with Crippen molar-refractivity contribution in [3.63, 3.8) is 0 Å². The lowest BCUT2D eigenvalue weighted by atomic mass is 9.74. The fourth-order valence-corrected chi connectivity index (χ4v) is 6.02. The molecule has 2 aromatic rings. The van der Waals surface area contributed by atoms with Crippen molar-refractivity contribution in [1.82, 2.24) is 25.3 Å². The molecule has 0 radical (unpaired) electrons. The minimum absolute atomic E-state index is 0.00961. The van der Waals surface area contributed by atoms with E-state index < -0.39 is 5.54 Å². The second kappa shape index (κ2) is 10.3. The van der Waals surface area contributed by atoms with Gasteiger partial charge in [0.2, 0.25) is 0 Å². The van der Waals surface area contributed by atoms with E-state index in [2.05, 4.69) is 29.4 Å². The lowest BCUT2D eigenvalue weighted by Gasteiger charge is -2.40. The molecule has 0 spiro atoms. The first-order valence-electron chi connectivity index (χ1n) is 12.3. The Morgan fingerprint density at radius 1 is 1.29 bits per heavy atom. The van der Waals surface area contributed by atoms with Crippen molar-refractivity contribution in [2.24, 2.45) is 11.8 Å². The molecule has 2 N–H and O–H groups in total. The molecule has 0 saturated carbocycles. The zero-order chi connectivity index (χ0) is 24.3. The van der Waals surface area contributed by atoms with E-state index in [4.69, 9.17) is 0 Å². The fourth-order valence-electron chi connectivity index (χ4n) is 5.32. The zero-order valence-electron chi connectivity index (χ0n) is 20.3. The van der Waals surface area contributed by atoms with Gasteiger partial charge < -0.3 is 10.2 Å². The third-order valence-corrected chi connectivity index (χ3v) is 7.90. The van der Waals surface area contributed by atoms with Gasteiger partial charge in [-0.25, -0.2) is 4.79 Å². The maximum Gasteiger partial charge on any atom is 0.325 e. The van der Waals surface area contributed by atoms with Crippen LogP contribution in [0, 0.1) is 11.8 Å². The van der Waals surface area contributed by atoms with Crippen LogP contribution in [0.4, 0.5) is 4.79 Å². The monoisotopic (exact) mass is 485 g/mol. The zero-order valence-corrected chi connectivity index (χ0v) is 21.1. The molecule has 0 aromatic carbocycles. The van der Waals surface area contributed by atoms with E-state index in [1.165, 1.54) is 4.90 Å². The number of thiophene rings is 1. The number of urea groups is 1. The Hall–Kier alpha value is -2.68. The highest BCUT2D eigenvalue weighted by molar-refractivity contribution is 7.09. The van der Waals surface area contributed by atoms with Crippen molar-refractivity contribution in [2.45, 2.75) is 64.8 Å². The normalized spacial score (nSPS) is 21.5. The minimum atomic E-state index is -0.868. The second-order valence-electron chi connectivity index (χ2n) is 9.88. The largest absolute Gasteiger partial charge is 0.337 e. The average molecular weight is 486 g/mol. The van der Waals surface area contributed by atoms with Crippen molar-refractivity contribution < 1.29 is 14.4 Å². The smallest absolute Gasteiger partial charge is 0.325 e. The molecule has 4 amide bonds. The molecule has 0 unspecified atom stereocenters. The molecule has 34 heavy (non-hydrogen) atoms. The van der Waals surface area contributed by atoms with Crippen LogP contribution in [0.3, 0.4) is 0 Å². The van der Waals surface area contributed by atoms with Crippen LogP contribution in [0.15, 0.2) is 23.6 Å². The summed E-state index contributed by atoms with van der Waals surface area (Å²) in [5.41, 5.74) is 0.548. The average Bonchev–Trinajstić information content (AvgIpc) is 3.54. The van der Waals surface area contributed by atoms with Gasteiger partial charge >= 0.3 is 6.03 Å². The van der Waals surface area contributed by atoms with Gasteiger partial charge in [-0.05, 0) is 61.5 Å². The summed E-state index contributed by atoms with van der Waals surface area (Å²) >= 11 is 1.64. The number of imide groups is 1. The number of aromatic amines is 1. The molecule has 9 heteroatoms. The Labute approximate surface area is 205 Å². The van der Waals surface area contributed by atoms with Gasteiger partial charge in [-0.1, -0.05) is 33.3 Å². The van der Waals surface area contributed by atoms with Gasteiger partial charge in [-0.15, -0.1) is 11.3 Å². The summed E-state index contributed by atoms with van der Waals surface area (Å²) in [6, 6.07) is 5.57. The molecular formula is C25H35N5O3S. The fraction of sp³-hybridized carbons (Fsp3) is 0.600. The van der Waals surface area contributed by atoms with Crippen molar-refractivity contribution in [1.29, 1.82) is 0 Å². The number of likely N-dealkylation sites (tertiary alicyclic amines) is 1.